The minimum atomic E-state index is -4.64. The Bertz CT molecular complexity index is 1520. The number of ketones is 1. The number of rotatable bonds is 5. The van der Waals surface area contributed by atoms with Crippen molar-refractivity contribution in [1.29, 1.82) is 5.26 Å². The molecule has 3 aliphatic rings. The molecule has 8 nitrogen and oxygen atoms in total. The summed E-state index contributed by atoms with van der Waals surface area (Å²) in [4.78, 5) is 29.6. The number of hydrogen-bond acceptors (Lipinski definition) is 6. The summed E-state index contributed by atoms with van der Waals surface area (Å²) in [6.45, 7) is 0.769. The van der Waals surface area contributed by atoms with Crippen LogP contribution in [0.4, 0.5) is 23.7 Å². The molecule has 1 aliphatic carbocycles. The maximum atomic E-state index is 14.1. The molecule has 2 aliphatic heterocycles. The Morgan fingerprint density at radius 1 is 1.11 bits per heavy atom. The maximum Gasteiger partial charge on any atom is 0.416 e. The maximum absolute atomic E-state index is 14.1. The molecule has 0 saturated carbocycles. The minimum Gasteiger partial charge on any atom is -0.381 e. The number of carbonyl (C=O) groups excluding carboxylic acids is 2. The highest BCUT2D eigenvalue weighted by atomic mass is 32.2. The van der Waals surface area contributed by atoms with Gasteiger partial charge in [-0.25, -0.2) is 13.2 Å². The Hall–Kier alpha value is -3.69. The van der Waals surface area contributed by atoms with Gasteiger partial charge in [-0.1, -0.05) is 12.1 Å². The number of nitriles is 1. The van der Waals surface area contributed by atoms with Crippen LogP contribution in [0.3, 0.4) is 0 Å². The van der Waals surface area contributed by atoms with Crippen LogP contribution >= 0.6 is 0 Å². The molecule has 198 valence electrons. The molecule has 5 rings (SSSR count). The molecule has 1 atom stereocenters. The van der Waals surface area contributed by atoms with Crippen LogP contribution < -0.4 is 4.90 Å². The topological polar surface area (TPSA) is 108 Å². The minimum absolute atomic E-state index is 0.0226. The molecular weight excluding hydrogens is 523 g/mol. The summed E-state index contributed by atoms with van der Waals surface area (Å²) in [7, 11) is -3.90. The molecule has 1 unspecified atom stereocenters. The summed E-state index contributed by atoms with van der Waals surface area (Å²) in [5, 5.41) is 9.34. The third-order valence-corrected chi connectivity index (χ3v) is 8.08. The van der Waals surface area contributed by atoms with Crippen LogP contribution in [0.1, 0.15) is 35.6 Å². The average molecular weight is 546 g/mol. The zero-order chi connectivity index (χ0) is 27.4. The van der Waals surface area contributed by atoms with E-state index in [-0.39, 0.29) is 64.1 Å². The highest BCUT2D eigenvalue weighted by Gasteiger charge is 2.48. The first-order valence-corrected chi connectivity index (χ1v) is 13.7. The van der Waals surface area contributed by atoms with Gasteiger partial charge in [-0.15, -0.1) is 0 Å². The summed E-state index contributed by atoms with van der Waals surface area (Å²) in [5.41, 5.74) is -0.323. The zero-order valence-electron chi connectivity index (χ0n) is 20.2. The second kappa shape index (κ2) is 9.25. The molecule has 2 heterocycles. The van der Waals surface area contributed by atoms with Crippen LogP contribution in [0, 0.1) is 17.2 Å². The molecule has 2 aromatic rings. The summed E-state index contributed by atoms with van der Waals surface area (Å²) in [6, 6.07) is 8.51. The molecule has 1 saturated heterocycles. The van der Waals surface area contributed by atoms with Crippen molar-refractivity contribution < 1.29 is 35.9 Å². The van der Waals surface area contributed by atoms with Crippen molar-refractivity contribution in [2.75, 3.05) is 30.9 Å². The van der Waals surface area contributed by atoms with Gasteiger partial charge in [0.1, 0.15) is 0 Å². The standard InChI is InChI=1S/C26H22F3N3O5S/c1-38(35,36)22-9-15(11-30)5-6-19(22)24-23-20(7-8-21(23)33)32(25(34)31(24)12-16-13-37-14-16)18-4-2-3-17(10-18)26(27,28)29/h2-6,9-10,16,24H,7-8,12-14H2,1H3. The number of Topliss-reactive ketones (excluding diaryl/α,β-unsaturated/α-hetero) is 1. The second-order valence-corrected chi connectivity index (χ2v) is 11.5. The lowest BCUT2D eigenvalue weighted by molar-refractivity contribution is -0.137. The van der Waals surface area contributed by atoms with Crippen LogP contribution in [0.2, 0.25) is 0 Å². The van der Waals surface area contributed by atoms with Crippen molar-refractivity contribution in [2.24, 2.45) is 5.92 Å². The van der Waals surface area contributed by atoms with Crippen LogP contribution in [0.25, 0.3) is 0 Å². The first-order chi connectivity index (χ1) is 17.9. The van der Waals surface area contributed by atoms with E-state index in [1.54, 1.807) is 0 Å². The van der Waals surface area contributed by atoms with Gasteiger partial charge in [0.2, 0.25) is 0 Å². The smallest absolute Gasteiger partial charge is 0.381 e. The molecule has 0 N–H and O–H groups in total. The molecule has 2 amide bonds. The fourth-order valence-electron chi connectivity index (χ4n) is 5.13. The molecule has 0 radical (unpaired) electrons. The molecule has 1 fully saturated rings. The number of halogens is 3. The van der Waals surface area contributed by atoms with Gasteiger partial charge in [0, 0.05) is 36.4 Å². The van der Waals surface area contributed by atoms with Crippen LogP contribution in [-0.2, 0) is 25.5 Å². The number of alkyl halides is 3. The number of ether oxygens (including phenoxy) is 1. The number of benzene rings is 2. The lowest BCUT2D eigenvalue weighted by Gasteiger charge is -2.45. The Labute approximate surface area is 216 Å². The molecule has 0 bridgehead atoms. The first kappa shape index (κ1) is 25.9. The van der Waals surface area contributed by atoms with Crippen molar-refractivity contribution in [3.63, 3.8) is 0 Å². The summed E-state index contributed by atoms with van der Waals surface area (Å²) in [6.07, 6.45) is -3.54. The van der Waals surface area contributed by atoms with Gasteiger partial charge in [0.05, 0.1) is 47.0 Å². The van der Waals surface area contributed by atoms with E-state index in [2.05, 4.69) is 0 Å². The highest BCUT2D eigenvalue weighted by Crippen LogP contribution is 2.47. The van der Waals surface area contributed by atoms with Crippen LogP contribution in [0.15, 0.2) is 58.6 Å². The van der Waals surface area contributed by atoms with Crippen molar-refractivity contribution in [3.8, 4) is 6.07 Å². The van der Waals surface area contributed by atoms with E-state index in [1.165, 1.54) is 35.2 Å². The number of urea groups is 1. The van der Waals surface area contributed by atoms with Gasteiger partial charge in [-0.3, -0.25) is 9.69 Å². The Kier molecular flexibility index (Phi) is 6.31. The Balaban J connectivity index is 1.74. The normalized spacial score (nSPS) is 20.4. The van der Waals surface area contributed by atoms with Crippen molar-refractivity contribution >= 4 is 27.3 Å². The van der Waals surface area contributed by atoms with Gasteiger partial charge >= 0.3 is 12.2 Å². The van der Waals surface area contributed by atoms with E-state index in [0.717, 1.165) is 23.3 Å². The van der Waals surface area contributed by atoms with Crippen LogP contribution in [0.5, 0.6) is 0 Å². The van der Waals surface area contributed by atoms with E-state index in [1.807, 2.05) is 6.07 Å². The number of amides is 2. The summed E-state index contributed by atoms with van der Waals surface area (Å²) < 4.78 is 71.3. The zero-order valence-corrected chi connectivity index (χ0v) is 21.0. The largest absolute Gasteiger partial charge is 0.416 e. The highest BCUT2D eigenvalue weighted by molar-refractivity contribution is 7.90. The van der Waals surface area contributed by atoms with E-state index >= 15 is 0 Å². The van der Waals surface area contributed by atoms with E-state index in [9.17, 15) is 36.4 Å². The molecule has 12 heteroatoms. The number of allylic oxidation sites excluding steroid dienone is 1. The Morgan fingerprint density at radius 3 is 2.45 bits per heavy atom. The predicted octanol–water partition coefficient (Wildman–Crippen LogP) is 4.23. The van der Waals surface area contributed by atoms with Gasteiger partial charge in [0.25, 0.3) is 0 Å². The number of nitrogens with zero attached hydrogens (tertiary/aromatic N) is 3. The van der Waals surface area contributed by atoms with Gasteiger partial charge in [-0.05, 0) is 42.3 Å². The summed E-state index contributed by atoms with van der Waals surface area (Å²) >= 11 is 0. The van der Waals surface area contributed by atoms with E-state index < -0.39 is 33.6 Å². The lowest BCUT2D eigenvalue weighted by atomic mass is 9.91. The van der Waals surface area contributed by atoms with Crippen molar-refractivity contribution in [3.05, 3.63) is 70.4 Å². The second-order valence-electron chi connectivity index (χ2n) is 9.54. The van der Waals surface area contributed by atoms with Gasteiger partial charge in [0.15, 0.2) is 15.6 Å². The number of anilines is 1. The molecule has 38 heavy (non-hydrogen) atoms. The first-order valence-electron chi connectivity index (χ1n) is 11.8. The van der Waals surface area contributed by atoms with Crippen LogP contribution in [-0.4, -0.2) is 51.1 Å². The Morgan fingerprint density at radius 2 is 1.84 bits per heavy atom. The van der Waals surface area contributed by atoms with Gasteiger partial charge in [-0.2, -0.15) is 18.4 Å². The number of carbonyl (C=O) groups is 2. The number of sulfone groups is 1. The molecule has 0 aromatic heterocycles. The SMILES string of the molecule is CS(=O)(=O)c1cc(C#N)ccc1C1C2=C(CCC2=O)N(c2cccc(C(F)(F)F)c2)C(=O)N1CC1COC1. The van der Waals surface area contributed by atoms with E-state index in [0.29, 0.717) is 13.2 Å². The van der Waals surface area contributed by atoms with Gasteiger partial charge < -0.3 is 9.64 Å². The quantitative estimate of drug-likeness (QED) is 0.557. The summed E-state index contributed by atoms with van der Waals surface area (Å²) in [5.74, 6) is -0.434. The fourth-order valence-corrected chi connectivity index (χ4v) is 6.08. The van der Waals surface area contributed by atoms with Crippen molar-refractivity contribution in [2.45, 2.75) is 30.0 Å². The fraction of sp³-hybridized carbons (Fsp3) is 0.346. The predicted molar refractivity (Wildman–Crippen MR) is 129 cm³/mol. The third kappa shape index (κ3) is 4.46. The number of hydrogen-bond donors (Lipinski definition) is 0. The lowest BCUT2D eigenvalue weighted by Crippen LogP contribution is -2.53. The third-order valence-electron chi connectivity index (χ3n) is 6.92. The molecular formula is C26H22F3N3O5S. The van der Waals surface area contributed by atoms with E-state index in [4.69, 9.17) is 4.74 Å². The molecule has 0 spiro atoms. The average Bonchev–Trinajstić information content (AvgIpc) is 3.20. The monoisotopic (exact) mass is 545 g/mol. The molecule has 2 aromatic carbocycles. The van der Waals surface area contributed by atoms with Crippen molar-refractivity contribution in [1.82, 2.24) is 4.90 Å².